The molecule has 1 aromatic rings. The van der Waals surface area contributed by atoms with Gasteiger partial charge in [0.1, 0.15) is 6.07 Å². The van der Waals surface area contributed by atoms with Crippen molar-refractivity contribution in [3.63, 3.8) is 0 Å². The van der Waals surface area contributed by atoms with E-state index in [-0.39, 0.29) is 12.2 Å². The van der Waals surface area contributed by atoms with Crippen LogP contribution in [0.1, 0.15) is 6.92 Å². The third-order valence-electron chi connectivity index (χ3n) is 2.78. The standard InChI is InChI=1S/C14H15N3O2/c1-2-19-14(18)11(9-15)10-17-8-7-16-12-5-3-4-6-13(12)17/h3-6,10,16H,2,7-8H2,1H3/b11-10+. The number of nitrogens with one attached hydrogen (secondary N) is 1. The highest BCUT2D eigenvalue weighted by Crippen LogP contribution is 2.28. The minimum absolute atomic E-state index is 0.0125. The largest absolute Gasteiger partial charge is 0.462 e. The molecule has 19 heavy (non-hydrogen) atoms. The zero-order chi connectivity index (χ0) is 13.7. The smallest absolute Gasteiger partial charge is 0.350 e. The van der Waals surface area contributed by atoms with Gasteiger partial charge in [0.25, 0.3) is 0 Å². The Bertz CT molecular complexity index is 546. The van der Waals surface area contributed by atoms with E-state index in [0.717, 1.165) is 17.9 Å². The van der Waals surface area contributed by atoms with E-state index in [2.05, 4.69) is 5.32 Å². The topological polar surface area (TPSA) is 65.4 Å². The molecule has 0 fully saturated rings. The molecule has 2 rings (SSSR count). The van der Waals surface area contributed by atoms with Crippen LogP contribution >= 0.6 is 0 Å². The number of benzene rings is 1. The molecule has 0 saturated heterocycles. The van der Waals surface area contributed by atoms with Crippen LogP contribution in [-0.2, 0) is 9.53 Å². The van der Waals surface area contributed by atoms with Crippen LogP contribution in [0.5, 0.6) is 0 Å². The summed E-state index contributed by atoms with van der Waals surface area (Å²) in [7, 11) is 0. The minimum Gasteiger partial charge on any atom is -0.462 e. The summed E-state index contributed by atoms with van der Waals surface area (Å²) >= 11 is 0. The van der Waals surface area contributed by atoms with Gasteiger partial charge in [-0.2, -0.15) is 5.26 Å². The van der Waals surface area contributed by atoms with Crippen LogP contribution in [0.15, 0.2) is 36.0 Å². The first-order chi connectivity index (χ1) is 9.26. The Hall–Kier alpha value is -2.48. The lowest BCUT2D eigenvalue weighted by Gasteiger charge is -2.29. The Labute approximate surface area is 112 Å². The lowest BCUT2D eigenvalue weighted by molar-refractivity contribution is -0.138. The molecule has 0 spiro atoms. The van der Waals surface area contributed by atoms with Gasteiger partial charge >= 0.3 is 5.97 Å². The summed E-state index contributed by atoms with van der Waals surface area (Å²) in [5, 5.41) is 12.3. The van der Waals surface area contributed by atoms with E-state index in [4.69, 9.17) is 10.00 Å². The molecule has 98 valence electrons. The highest BCUT2D eigenvalue weighted by Gasteiger charge is 2.17. The van der Waals surface area contributed by atoms with E-state index in [9.17, 15) is 4.79 Å². The molecule has 0 aliphatic carbocycles. The maximum Gasteiger partial charge on any atom is 0.350 e. The zero-order valence-corrected chi connectivity index (χ0v) is 10.7. The number of hydrogen-bond acceptors (Lipinski definition) is 5. The van der Waals surface area contributed by atoms with Gasteiger partial charge in [-0.1, -0.05) is 12.1 Å². The van der Waals surface area contributed by atoms with Crippen LogP contribution in [0.4, 0.5) is 11.4 Å². The van der Waals surface area contributed by atoms with Crippen LogP contribution in [0.25, 0.3) is 0 Å². The van der Waals surface area contributed by atoms with Gasteiger partial charge in [0, 0.05) is 19.3 Å². The Morgan fingerprint density at radius 1 is 1.58 bits per heavy atom. The second-order valence-corrected chi connectivity index (χ2v) is 4.01. The van der Waals surface area contributed by atoms with Crippen molar-refractivity contribution in [1.29, 1.82) is 5.26 Å². The normalized spacial score (nSPS) is 14.1. The maximum atomic E-state index is 11.6. The van der Waals surface area contributed by atoms with Gasteiger partial charge in [-0.25, -0.2) is 4.79 Å². The van der Waals surface area contributed by atoms with Gasteiger partial charge in [0.05, 0.1) is 18.0 Å². The van der Waals surface area contributed by atoms with Crippen LogP contribution in [0.3, 0.4) is 0 Å². The fraction of sp³-hybridized carbons (Fsp3) is 0.286. The second-order valence-electron chi connectivity index (χ2n) is 4.01. The van der Waals surface area contributed by atoms with Gasteiger partial charge < -0.3 is 15.0 Å². The molecule has 0 amide bonds. The third kappa shape index (κ3) is 2.86. The fourth-order valence-corrected chi connectivity index (χ4v) is 1.93. The van der Waals surface area contributed by atoms with Gasteiger partial charge in [0.15, 0.2) is 5.57 Å². The first-order valence-corrected chi connectivity index (χ1v) is 6.15. The SMILES string of the molecule is CCOC(=O)/C(C#N)=C/N1CCNc2ccccc21. The molecule has 5 heteroatoms. The van der Waals surface area contributed by atoms with E-state index in [0.29, 0.717) is 6.54 Å². The maximum absolute atomic E-state index is 11.6. The molecule has 1 N–H and O–H groups in total. The third-order valence-corrected chi connectivity index (χ3v) is 2.78. The number of rotatable bonds is 3. The predicted molar refractivity (Wildman–Crippen MR) is 72.6 cm³/mol. The summed E-state index contributed by atoms with van der Waals surface area (Å²) < 4.78 is 4.85. The first-order valence-electron chi connectivity index (χ1n) is 6.15. The number of ether oxygens (including phenoxy) is 1. The van der Waals surface area contributed by atoms with Crippen molar-refractivity contribution in [2.75, 3.05) is 29.9 Å². The molecule has 1 aliphatic rings. The van der Waals surface area contributed by atoms with E-state index >= 15 is 0 Å². The Morgan fingerprint density at radius 3 is 3.11 bits per heavy atom. The average molecular weight is 257 g/mol. The van der Waals surface area contributed by atoms with Crippen LogP contribution < -0.4 is 10.2 Å². The summed E-state index contributed by atoms with van der Waals surface area (Å²) in [5.74, 6) is -0.582. The number of fused-ring (bicyclic) bond motifs is 1. The summed E-state index contributed by atoms with van der Waals surface area (Å²) in [5.41, 5.74) is 1.95. The van der Waals surface area contributed by atoms with Crippen molar-refractivity contribution in [2.45, 2.75) is 6.92 Å². The molecule has 0 radical (unpaired) electrons. The van der Waals surface area contributed by atoms with Gasteiger partial charge in [-0.3, -0.25) is 0 Å². The molecule has 1 aromatic carbocycles. The first kappa shape index (κ1) is 13.0. The Balaban J connectivity index is 2.28. The predicted octanol–water partition coefficient (Wildman–Crippen LogP) is 1.89. The van der Waals surface area contributed by atoms with Crippen molar-refractivity contribution in [1.82, 2.24) is 0 Å². The molecule has 0 aromatic heterocycles. The Kier molecular flexibility index (Phi) is 4.04. The van der Waals surface area contributed by atoms with Crippen molar-refractivity contribution >= 4 is 17.3 Å². The molecular formula is C14H15N3O2. The number of anilines is 2. The number of carbonyl (C=O) groups is 1. The summed E-state index contributed by atoms with van der Waals surface area (Å²) in [6.45, 7) is 3.43. The van der Waals surface area contributed by atoms with Crippen LogP contribution in [0, 0.1) is 11.3 Å². The molecule has 1 aliphatic heterocycles. The quantitative estimate of drug-likeness (QED) is 0.509. The Morgan fingerprint density at radius 2 is 2.37 bits per heavy atom. The van der Waals surface area contributed by atoms with E-state index < -0.39 is 5.97 Å². The highest BCUT2D eigenvalue weighted by atomic mass is 16.5. The van der Waals surface area contributed by atoms with Crippen molar-refractivity contribution in [2.24, 2.45) is 0 Å². The second kappa shape index (κ2) is 5.91. The van der Waals surface area contributed by atoms with Crippen LogP contribution in [0.2, 0.25) is 0 Å². The monoisotopic (exact) mass is 257 g/mol. The number of carbonyl (C=O) groups excluding carboxylic acids is 1. The lowest BCUT2D eigenvalue weighted by Crippen LogP contribution is -2.30. The van der Waals surface area contributed by atoms with E-state index in [1.807, 2.05) is 35.2 Å². The number of nitrogens with zero attached hydrogens (tertiary/aromatic N) is 2. The van der Waals surface area contributed by atoms with Gasteiger partial charge in [-0.05, 0) is 19.1 Å². The van der Waals surface area contributed by atoms with Crippen LogP contribution in [-0.4, -0.2) is 25.7 Å². The van der Waals surface area contributed by atoms with Gasteiger partial charge in [-0.15, -0.1) is 0 Å². The molecular weight excluding hydrogens is 242 g/mol. The van der Waals surface area contributed by atoms with E-state index in [1.165, 1.54) is 0 Å². The summed E-state index contributed by atoms with van der Waals surface area (Å²) in [6.07, 6.45) is 1.55. The minimum atomic E-state index is -0.582. The van der Waals surface area contributed by atoms with Crippen molar-refractivity contribution < 1.29 is 9.53 Å². The van der Waals surface area contributed by atoms with Crippen molar-refractivity contribution in [3.8, 4) is 6.07 Å². The molecule has 0 unspecified atom stereocenters. The number of hydrogen-bond donors (Lipinski definition) is 1. The average Bonchev–Trinajstić information content (AvgIpc) is 2.45. The number of esters is 1. The molecule has 1 heterocycles. The lowest BCUT2D eigenvalue weighted by atomic mass is 10.2. The van der Waals surface area contributed by atoms with Crippen molar-refractivity contribution in [3.05, 3.63) is 36.0 Å². The molecule has 0 bridgehead atoms. The number of para-hydroxylation sites is 2. The summed E-state index contributed by atoms with van der Waals surface area (Å²) in [6, 6.07) is 9.66. The number of nitriles is 1. The van der Waals surface area contributed by atoms with E-state index in [1.54, 1.807) is 13.1 Å². The molecule has 0 atom stereocenters. The fourth-order valence-electron chi connectivity index (χ4n) is 1.93. The van der Waals surface area contributed by atoms with Gasteiger partial charge in [0.2, 0.25) is 0 Å². The summed E-state index contributed by atoms with van der Waals surface area (Å²) in [4.78, 5) is 13.5. The molecule has 0 saturated carbocycles. The highest BCUT2D eigenvalue weighted by molar-refractivity contribution is 5.93. The zero-order valence-electron chi connectivity index (χ0n) is 10.7. The molecule has 5 nitrogen and oxygen atoms in total.